The van der Waals surface area contributed by atoms with E-state index in [4.69, 9.17) is 4.74 Å². The molecule has 3 N–H and O–H groups in total. The molecule has 2 heterocycles. The van der Waals surface area contributed by atoms with Crippen LogP contribution in [-0.4, -0.2) is 33.7 Å². The largest absolute Gasteiger partial charge is 0.504 e. The number of hydrogen-bond acceptors (Lipinski definition) is 7. The Labute approximate surface area is 185 Å². The molecule has 164 valence electrons. The number of carbonyl (C=O) groups is 1. The molecule has 8 heteroatoms. The number of H-pyrrole nitrogens is 1. The van der Waals surface area contributed by atoms with Crippen LogP contribution in [-0.2, 0) is 4.79 Å². The van der Waals surface area contributed by atoms with Crippen molar-refractivity contribution in [2.24, 2.45) is 5.41 Å². The average molecular weight is 442 g/mol. The van der Waals surface area contributed by atoms with Gasteiger partial charge in [-0.25, -0.2) is 4.98 Å². The van der Waals surface area contributed by atoms with Gasteiger partial charge in [-0.05, 0) is 36.0 Å². The van der Waals surface area contributed by atoms with Crippen molar-refractivity contribution in [2.45, 2.75) is 51.1 Å². The maximum atomic E-state index is 13.3. The summed E-state index contributed by atoms with van der Waals surface area (Å²) < 4.78 is 5.28. The lowest BCUT2D eigenvalue weighted by atomic mass is 9.69. The monoisotopic (exact) mass is 441 g/mol. The quantitative estimate of drug-likeness (QED) is 0.472. The fraction of sp³-hybridized carbons (Fsp3) is 0.435. The lowest BCUT2D eigenvalue weighted by molar-refractivity contribution is -0.118. The third-order valence-electron chi connectivity index (χ3n) is 5.68. The number of phenolic OH excluding ortho intramolecular Hbond substituents is 1. The molecule has 0 amide bonds. The van der Waals surface area contributed by atoms with Crippen LogP contribution in [0.2, 0.25) is 0 Å². The van der Waals surface area contributed by atoms with Crippen LogP contribution in [0.4, 0.5) is 5.82 Å². The second-order valence-electron chi connectivity index (χ2n) is 8.80. The van der Waals surface area contributed by atoms with Gasteiger partial charge in [-0.15, -0.1) is 0 Å². The Hall–Kier alpha value is -2.74. The number of methoxy groups -OCH3 is 1. The number of Topliss-reactive ketones (excluding diaryl/α,β-unsaturated/α-hetero) is 1. The summed E-state index contributed by atoms with van der Waals surface area (Å²) in [6.45, 7) is 6.21. The van der Waals surface area contributed by atoms with Crippen molar-refractivity contribution in [3.05, 3.63) is 50.9 Å². The number of ether oxygens (including phenoxy) is 1. The molecule has 4 rings (SSSR count). The van der Waals surface area contributed by atoms with Gasteiger partial charge in [-0.2, -0.15) is 0 Å². The zero-order chi connectivity index (χ0) is 22.3. The average Bonchev–Trinajstić information content (AvgIpc) is 2.70. The van der Waals surface area contributed by atoms with Gasteiger partial charge in [-0.1, -0.05) is 38.6 Å². The summed E-state index contributed by atoms with van der Waals surface area (Å²) in [5.74, 6) is 1.08. The van der Waals surface area contributed by atoms with Crippen LogP contribution in [0.15, 0.2) is 39.4 Å². The number of ketones is 1. The second kappa shape index (κ2) is 8.07. The van der Waals surface area contributed by atoms with Crippen molar-refractivity contribution in [3.8, 4) is 11.5 Å². The summed E-state index contributed by atoms with van der Waals surface area (Å²) in [6.07, 6.45) is 2.06. The molecule has 0 saturated carbocycles. The summed E-state index contributed by atoms with van der Waals surface area (Å²) in [4.78, 5) is 34.0. The summed E-state index contributed by atoms with van der Waals surface area (Å²) in [7, 11) is 1.47. The highest BCUT2D eigenvalue weighted by Crippen LogP contribution is 2.48. The van der Waals surface area contributed by atoms with Crippen LogP contribution >= 0.6 is 11.8 Å². The number of anilines is 1. The molecule has 2 aliphatic rings. The number of benzene rings is 1. The van der Waals surface area contributed by atoms with Gasteiger partial charge in [0.05, 0.1) is 12.7 Å². The van der Waals surface area contributed by atoms with E-state index >= 15 is 0 Å². The summed E-state index contributed by atoms with van der Waals surface area (Å²) in [6, 6.07) is 4.95. The standard InChI is InChI=1S/C23H27N3O4S/c1-5-8-31-22-25-20-19(21(29)26-22)17(12-6-7-14(27)16(9-12)30-4)18-13(24-20)10-23(2,3)11-15(18)28/h6-7,9,17,27H,5,8,10-11H2,1-4H3,(H2,24,25,26,29). The van der Waals surface area contributed by atoms with E-state index in [1.807, 2.05) is 0 Å². The Bertz CT molecular complexity index is 1140. The molecule has 0 fully saturated rings. The van der Waals surface area contributed by atoms with Gasteiger partial charge in [0, 0.05) is 29.4 Å². The van der Waals surface area contributed by atoms with E-state index in [0.717, 1.165) is 17.9 Å². The van der Waals surface area contributed by atoms with Crippen molar-refractivity contribution < 1.29 is 14.6 Å². The van der Waals surface area contributed by atoms with Crippen molar-refractivity contribution in [3.63, 3.8) is 0 Å². The molecule has 0 bridgehead atoms. The molecule has 1 unspecified atom stereocenters. The molecular weight excluding hydrogens is 414 g/mol. The summed E-state index contributed by atoms with van der Waals surface area (Å²) >= 11 is 1.50. The molecule has 0 saturated heterocycles. The van der Waals surface area contributed by atoms with E-state index in [1.54, 1.807) is 12.1 Å². The Morgan fingerprint density at radius 3 is 2.77 bits per heavy atom. The van der Waals surface area contributed by atoms with E-state index in [9.17, 15) is 14.7 Å². The van der Waals surface area contributed by atoms with Gasteiger partial charge in [0.25, 0.3) is 5.56 Å². The first-order valence-electron chi connectivity index (χ1n) is 10.4. The van der Waals surface area contributed by atoms with Crippen LogP contribution in [0, 0.1) is 5.41 Å². The minimum atomic E-state index is -0.578. The van der Waals surface area contributed by atoms with E-state index in [-0.39, 0.29) is 22.5 Å². The van der Waals surface area contributed by atoms with E-state index < -0.39 is 5.92 Å². The fourth-order valence-corrected chi connectivity index (χ4v) is 5.09. The summed E-state index contributed by atoms with van der Waals surface area (Å²) in [5.41, 5.74) is 2.09. The van der Waals surface area contributed by atoms with Gasteiger partial charge in [-0.3, -0.25) is 9.59 Å². The molecule has 1 aromatic heterocycles. The Morgan fingerprint density at radius 1 is 1.29 bits per heavy atom. The molecule has 1 atom stereocenters. The Balaban J connectivity index is 1.93. The highest BCUT2D eigenvalue weighted by atomic mass is 32.2. The number of thioether (sulfide) groups is 1. The van der Waals surface area contributed by atoms with Gasteiger partial charge in [0.2, 0.25) is 0 Å². The number of rotatable bonds is 5. The van der Waals surface area contributed by atoms with Crippen LogP contribution in [0.3, 0.4) is 0 Å². The van der Waals surface area contributed by atoms with Crippen LogP contribution in [0.25, 0.3) is 0 Å². The van der Waals surface area contributed by atoms with Crippen molar-refractivity contribution in [1.29, 1.82) is 0 Å². The van der Waals surface area contributed by atoms with Crippen LogP contribution < -0.4 is 15.6 Å². The molecule has 1 aliphatic heterocycles. The maximum Gasteiger partial charge on any atom is 0.257 e. The van der Waals surface area contributed by atoms with Crippen LogP contribution in [0.5, 0.6) is 11.5 Å². The van der Waals surface area contributed by atoms with Gasteiger partial charge >= 0.3 is 0 Å². The van der Waals surface area contributed by atoms with Crippen LogP contribution in [0.1, 0.15) is 57.1 Å². The molecule has 1 aliphatic carbocycles. The number of aromatic amines is 1. The number of phenols is 1. The first-order chi connectivity index (χ1) is 14.7. The molecule has 0 radical (unpaired) electrons. The summed E-state index contributed by atoms with van der Waals surface area (Å²) in [5, 5.41) is 13.9. The number of carbonyl (C=O) groups excluding carboxylic acids is 1. The van der Waals surface area contributed by atoms with Crippen molar-refractivity contribution in [2.75, 3.05) is 18.2 Å². The minimum Gasteiger partial charge on any atom is -0.504 e. The third-order valence-corrected chi connectivity index (χ3v) is 6.76. The van der Waals surface area contributed by atoms with Crippen molar-refractivity contribution >= 4 is 23.4 Å². The minimum absolute atomic E-state index is 0.00376. The zero-order valence-electron chi connectivity index (χ0n) is 18.2. The number of aromatic nitrogens is 2. The number of fused-ring (bicyclic) bond motifs is 1. The predicted molar refractivity (Wildman–Crippen MR) is 121 cm³/mol. The van der Waals surface area contributed by atoms with E-state index in [2.05, 4.69) is 36.1 Å². The Kier molecular flexibility index (Phi) is 5.60. The number of aromatic hydroxyl groups is 1. The van der Waals surface area contributed by atoms with Crippen molar-refractivity contribution in [1.82, 2.24) is 9.97 Å². The number of nitrogens with zero attached hydrogens (tertiary/aromatic N) is 1. The number of hydrogen-bond donors (Lipinski definition) is 3. The lowest BCUT2D eigenvalue weighted by Gasteiger charge is -2.38. The lowest BCUT2D eigenvalue weighted by Crippen LogP contribution is -2.37. The smallest absolute Gasteiger partial charge is 0.257 e. The fourth-order valence-electron chi connectivity index (χ4n) is 4.37. The highest BCUT2D eigenvalue weighted by molar-refractivity contribution is 7.99. The molecule has 2 aromatic rings. The van der Waals surface area contributed by atoms with Gasteiger partial charge in [0.15, 0.2) is 22.4 Å². The van der Waals surface area contributed by atoms with E-state index in [1.165, 1.54) is 24.9 Å². The first kappa shape index (κ1) is 21.5. The second-order valence-corrected chi connectivity index (χ2v) is 9.89. The predicted octanol–water partition coefficient (Wildman–Crippen LogP) is 4.19. The molecular formula is C23H27N3O4S. The highest BCUT2D eigenvalue weighted by Gasteiger charge is 2.42. The molecule has 1 aromatic carbocycles. The molecule has 31 heavy (non-hydrogen) atoms. The first-order valence-corrected chi connectivity index (χ1v) is 11.4. The van der Waals surface area contributed by atoms with Gasteiger partial charge < -0.3 is 20.1 Å². The number of nitrogens with one attached hydrogen (secondary N) is 2. The number of allylic oxidation sites excluding steroid dienone is 2. The van der Waals surface area contributed by atoms with E-state index in [0.29, 0.717) is 46.3 Å². The van der Waals surface area contributed by atoms with Gasteiger partial charge in [0.1, 0.15) is 5.82 Å². The third kappa shape index (κ3) is 3.96. The topological polar surface area (TPSA) is 104 Å². The Morgan fingerprint density at radius 2 is 2.06 bits per heavy atom. The normalized spacial score (nSPS) is 19.5. The molecule has 7 nitrogen and oxygen atoms in total. The maximum absolute atomic E-state index is 13.3. The zero-order valence-corrected chi connectivity index (χ0v) is 19.0. The molecule has 0 spiro atoms. The SMILES string of the molecule is CCCSc1nc2c(c(=O)[nH]1)C(c1ccc(O)c(OC)c1)C1=C(CC(C)(C)CC1=O)N2.